The fraction of sp³-hybridized carbons (Fsp3) is 0.263. The maximum absolute atomic E-state index is 12.6. The van der Waals surface area contributed by atoms with E-state index in [4.69, 9.17) is 0 Å². The van der Waals surface area contributed by atoms with Gasteiger partial charge in [-0.2, -0.15) is 0 Å². The molecule has 0 saturated heterocycles. The van der Waals surface area contributed by atoms with Gasteiger partial charge in [-0.05, 0) is 49.6 Å². The normalized spacial score (nSPS) is 14.6. The van der Waals surface area contributed by atoms with E-state index in [1.807, 2.05) is 56.3 Å². The Morgan fingerprint density at radius 2 is 1.91 bits per heavy atom. The first-order chi connectivity index (χ1) is 11.0. The molecular formula is C19H20N2O2. The number of carbonyl (C=O) groups is 2. The monoisotopic (exact) mass is 308 g/mol. The van der Waals surface area contributed by atoms with E-state index in [1.165, 1.54) is 0 Å². The largest absolute Gasteiger partial charge is 0.324 e. The second kappa shape index (κ2) is 5.88. The van der Waals surface area contributed by atoms with E-state index in [1.54, 1.807) is 11.8 Å². The second-order valence-corrected chi connectivity index (χ2v) is 6.07. The van der Waals surface area contributed by atoms with Gasteiger partial charge in [0.1, 0.15) is 6.04 Å². The first-order valence-corrected chi connectivity index (χ1v) is 7.74. The van der Waals surface area contributed by atoms with E-state index >= 15 is 0 Å². The molecule has 0 aliphatic carbocycles. The maximum Gasteiger partial charge on any atom is 0.255 e. The SMILES string of the molecule is Cc1ccc(C)c(NC(=O)[C@@H](C)N2Cc3ccccc3C2=O)c1. The van der Waals surface area contributed by atoms with Gasteiger partial charge in [0.25, 0.3) is 5.91 Å². The summed E-state index contributed by atoms with van der Waals surface area (Å²) in [6.07, 6.45) is 0. The number of amides is 2. The molecule has 2 aromatic rings. The van der Waals surface area contributed by atoms with E-state index < -0.39 is 6.04 Å². The zero-order valence-corrected chi connectivity index (χ0v) is 13.6. The molecule has 1 atom stereocenters. The van der Waals surface area contributed by atoms with Crippen LogP contribution in [0.4, 0.5) is 5.69 Å². The standard InChI is InChI=1S/C19H20N2O2/c1-12-8-9-13(2)17(10-12)20-18(22)14(3)21-11-15-6-4-5-7-16(15)19(21)23/h4-10,14H,11H2,1-3H3,(H,20,22)/t14-/m1/s1. The summed E-state index contributed by atoms with van der Waals surface area (Å²) in [5.74, 6) is -0.246. The fourth-order valence-electron chi connectivity index (χ4n) is 2.84. The van der Waals surface area contributed by atoms with Crippen molar-refractivity contribution >= 4 is 17.5 Å². The number of nitrogens with zero attached hydrogens (tertiary/aromatic N) is 1. The molecule has 0 fully saturated rings. The van der Waals surface area contributed by atoms with Gasteiger partial charge in [-0.15, -0.1) is 0 Å². The van der Waals surface area contributed by atoms with Gasteiger partial charge in [0.05, 0.1) is 0 Å². The molecule has 2 aromatic carbocycles. The predicted molar refractivity (Wildman–Crippen MR) is 90.3 cm³/mol. The van der Waals surface area contributed by atoms with E-state index in [-0.39, 0.29) is 11.8 Å². The lowest BCUT2D eigenvalue weighted by Crippen LogP contribution is -2.42. The van der Waals surface area contributed by atoms with Crippen LogP contribution in [0.15, 0.2) is 42.5 Å². The minimum absolute atomic E-state index is 0.0794. The molecule has 0 spiro atoms. The molecule has 0 aromatic heterocycles. The van der Waals surface area contributed by atoms with Gasteiger partial charge in [0.2, 0.25) is 5.91 Å². The number of nitrogens with one attached hydrogen (secondary N) is 1. The van der Waals surface area contributed by atoms with Crippen LogP contribution < -0.4 is 5.32 Å². The molecule has 1 N–H and O–H groups in total. The van der Waals surface area contributed by atoms with Crippen molar-refractivity contribution in [3.8, 4) is 0 Å². The second-order valence-electron chi connectivity index (χ2n) is 6.07. The minimum atomic E-state index is -0.519. The summed E-state index contributed by atoms with van der Waals surface area (Å²) in [5.41, 5.74) is 4.56. The van der Waals surface area contributed by atoms with Gasteiger partial charge in [0, 0.05) is 17.8 Å². The number of hydrogen-bond donors (Lipinski definition) is 1. The van der Waals surface area contributed by atoms with E-state index in [0.29, 0.717) is 12.1 Å². The van der Waals surface area contributed by atoms with Crippen LogP contribution in [0.2, 0.25) is 0 Å². The van der Waals surface area contributed by atoms with Crippen LogP contribution >= 0.6 is 0 Å². The first-order valence-electron chi connectivity index (χ1n) is 7.74. The smallest absolute Gasteiger partial charge is 0.255 e. The molecule has 4 nitrogen and oxygen atoms in total. The van der Waals surface area contributed by atoms with E-state index in [0.717, 1.165) is 22.4 Å². The molecule has 118 valence electrons. The van der Waals surface area contributed by atoms with Crippen molar-refractivity contribution in [3.05, 3.63) is 64.7 Å². The molecule has 3 rings (SSSR count). The number of rotatable bonds is 3. The summed E-state index contributed by atoms with van der Waals surface area (Å²) in [4.78, 5) is 26.6. The van der Waals surface area contributed by atoms with Gasteiger partial charge in [-0.3, -0.25) is 9.59 Å². The Bertz CT molecular complexity index is 783. The summed E-state index contributed by atoms with van der Waals surface area (Å²) >= 11 is 0. The van der Waals surface area contributed by atoms with E-state index in [2.05, 4.69) is 5.32 Å². The predicted octanol–water partition coefficient (Wildman–Crippen LogP) is 3.29. The van der Waals surface area contributed by atoms with Gasteiger partial charge in [-0.25, -0.2) is 0 Å². The average Bonchev–Trinajstić information content (AvgIpc) is 2.87. The Kier molecular flexibility index (Phi) is 3.90. The third-order valence-corrected chi connectivity index (χ3v) is 4.35. The van der Waals surface area contributed by atoms with Crippen LogP contribution in [-0.2, 0) is 11.3 Å². The lowest BCUT2D eigenvalue weighted by Gasteiger charge is -2.24. The number of aryl methyl sites for hydroxylation is 2. The fourth-order valence-corrected chi connectivity index (χ4v) is 2.84. The van der Waals surface area contributed by atoms with Crippen molar-refractivity contribution in [3.63, 3.8) is 0 Å². The molecular weight excluding hydrogens is 288 g/mol. The van der Waals surface area contributed by atoms with Gasteiger partial charge < -0.3 is 10.2 Å². The molecule has 0 unspecified atom stereocenters. The topological polar surface area (TPSA) is 49.4 Å². The molecule has 1 heterocycles. The first kappa shape index (κ1) is 15.3. The highest BCUT2D eigenvalue weighted by molar-refractivity contribution is 6.03. The quantitative estimate of drug-likeness (QED) is 0.946. The molecule has 2 amide bonds. The van der Waals surface area contributed by atoms with Crippen molar-refractivity contribution in [2.24, 2.45) is 0 Å². The van der Waals surface area contributed by atoms with E-state index in [9.17, 15) is 9.59 Å². The molecule has 4 heteroatoms. The summed E-state index contributed by atoms with van der Waals surface area (Å²) in [5, 5.41) is 2.94. The van der Waals surface area contributed by atoms with Gasteiger partial charge in [-0.1, -0.05) is 30.3 Å². The van der Waals surface area contributed by atoms with Crippen LogP contribution in [0.3, 0.4) is 0 Å². The molecule has 23 heavy (non-hydrogen) atoms. The molecule has 1 aliphatic heterocycles. The minimum Gasteiger partial charge on any atom is -0.324 e. The zero-order chi connectivity index (χ0) is 16.6. The summed E-state index contributed by atoms with van der Waals surface area (Å²) in [6, 6.07) is 12.9. The van der Waals surface area contributed by atoms with Crippen molar-refractivity contribution in [1.82, 2.24) is 4.90 Å². The zero-order valence-electron chi connectivity index (χ0n) is 13.6. The molecule has 1 aliphatic rings. The van der Waals surface area contributed by atoms with Crippen molar-refractivity contribution in [2.75, 3.05) is 5.32 Å². The highest BCUT2D eigenvalue weighted by Gasteiger charge is 2.33. The van der Waals surface area contributed by atoms with Crippen molar-refractivity contribution in [1.29, 1.82) is 0 Å². The van der Waals surface area contributed by atoms with Crippen LogP contribution in [0.1, 0.15) is 34.0 Å². The maximum atomic E-state index is 12.6. The van der Waals surface area contributed by atoms with Crippen LogP contribution in [0, 0.1) is 13.8 Å². The number of anilines is 1. The lowest BCUT2D eigenvalue weighted by molar-refractivity contribution is -0.120. The highest BCUT2D eigenvalue weighted by Crippen LogP contribution is 2.25. The molecule has 0 bridgehead atoms. The average molecular weight is 308 g/mol. The summed E-state index contributed by atoms with van der Waals surface area (Å²) in [7, 11) is 0. The van der Waals surface area contributed by atoms with Crippen LogP contribution in [0.5, 0.6) is 0 Å². The van der Waals surface area contributed by atoms with Crippen molar-refractivity contribution < 1.29 is 9.59 Å². The number of fused-ring (bicyclic) bond motifs is 1. The third-order valence-electron chi connectivity index (χ3n) is 4.35. The molecule has 0 saturated carbocycles. The highest BCUT2D eigenvalue weighted by atomic mass is 16.2. The molecule has 0 radical (unpaired) electrons. The third kappa shape index (κ3) is 2.84. The van der Waals surface area contributed by atoms with Gasteiger partial charge in [0.15, 0.2) is 0 Å². The van der Waals surface area contributed by atoms with Crippen molar-refractivity contribution in [2.45, 2.75) is 33.4 Å². The number of benzene rings is 2. The summed E-state index contributed by atoms with van der Waals surface area (Å²) in [6.45, 7) is 6.19. The van der Waals surface area contributed by atoms with Gasteiger partial charge >= 0.3 is 0 Å². The van der Waals surface area contributed by atoms with Crippen LogP contribution in [0.25, 0.3) is 0 Å². The number of hydrogen-bond acceptors (Lipinski definition) is 2. The summed E-state index contributed by atoms with van der Waals surface area (Å²) < 4.78 is 0. The Hall–Kier alpha value is -2.62. The Morgan fingerprint density at radius 1 is 1.17 bits per heavy atom. The Morgan fingerprint density at radius 3 is 2.65 bits per heavy atom. The Balaban J connectivity index is 1.76. The lowest BCUT2D eigenvalue weighted by atomic mass is 10.1. The Labute approximate surface area is 136 Å². The number of carbonyl (C=O) groups excluding carboxylic acids is 2. The van der Waals surface area contributed by atoms with Crippen LogP contribution in [-0.4, -0.2) is 22.8 Å².